The van der Waals surface area contributed by atoms with Gasteiger partial charge in [-0.15, -0.1) is 11.8 Å². The molecule has 5 nitrogen and oxygen atoms in total. The van der Waals surface area contributed by atoms with Crippen molar-refractivity contribution < 1.29 is 19.4 Å². The first-order valence-corrected chi connectivity index (χ1v) is 7.51. The third-order valence-electron chi connectivity index (χ3n) is 2.80. The molecule has 2 unspecified atom stereocenters. The minimum absolute atomic E-state index is 0.105. The molecular weight excluding hydrogens is 314 g/mol. The number of carboxylic acids is 1. The number of nitrogens with one attached hydrogen (secondary N) is 1. The molecule has 0 saturated carbocycles. The zero-order valence-corrected chi connectivity index (χ0v) is 13.6. The first kappa shape index (κ1) is 17.8. The van der Waals surface area contributed by atoms with Gasteiger partial charge in [0, 0.05) is 17.0 Å². The van der Waals surface area contributed by atoms with Gasteiger partial charge < -0.3 is 15.2 Å². The Balaban J connectivity index is 2.69. The maximum atomic E-state index is 12.1. The van der Waals surface area contributed by atoms with Crippen molar-refractivity contribution in [2.24, 2.45) is 0 Å². The molecule has 0 bridgehead atoms. The summed E-state index contributed by atoms with van der Waals surface area (Å²) in [6, 6.07) is 7.09. The SMILES string of the molecule is COCC(C)(NC(=O)C(C)Sc1ccc(Cl)cc1)C(=O)O. The lowest BCUT2D eigenvalue weighted by Crippen LogP contribution is -2.56. The highest BCUT2D eigenvalue weighted by atomic mass is 35.5. The van der Waals surface area contributed by atoms with E-state index < -0.39 is 16.8 Å². The summed E-state index contributed by atoms with van der Waals surface area (Å²) in [4.78, 5) is 24.3. The summed E-state index contributed by atoms with van der Waals surface area (Å²) in [5.41, 5.74) is -1.44. The van der Waals surface area contributed by atoms with Crippen molar-refractivity contribution in [3.8, 4) is 0 Å². The molecule has 1 aromatic rings. The van der Waals surface area contributed by atoms with E-state index in [1.54, 1.807) is 19.1 Å². The van der Waals surface area contributed by atoms with E-state index in [4.69, 9.17) is 16.3 Å². The summed E-state index contributed by atoms with van der Waals surface area (Å²) in [6.45, 7) is 3.02. The van der Waals surface area contributed by atoms with Crippen LogP contribution >= 0.6 is 23.4 Å². The fourth-order valence-corrected chi connectivity index (χ4v) is 2.58. The van der Waals surface area contributed by atoms with E-state index in [0.29, 0.717) is 5.02 Å². The summed E-state index contributed by atoms with van der Waals surface area (Å²) in [5.74, 6) is -1.50. The molecule has 1 aromatic carbocycles. The molecule has 116 valence electrons. The summed E-state index contributed by atoms with van der Waals surface area (Å²) in [5, 5.41) is 11.9. The minimum atomic E-state index is -1.44. The quantitative estimate of drug-likeness (QED) is 0.750. The molecular formula is C14H18ClNO4S. The summed E-state index contributed by atoms with van der Waals surface area (Å²) < 4.78 is 4.86. The van der Waals surface area contributed by atoms with Crippen molar-refractivity contribution in [1.82, 2.24) is 5.32 Å². The van der Waals surface area contributed by atoms with Gasteiger partial charge in [0.2, 0.25) is 5.91 Å². The van der Waals surface area contributed by atoms with Gasteiger partial charge >= 0.3 is 5.97 Å². The number of rotatable bonds is 7. The fourth-order valence-electron chi connectivity index (χ4n) is 1.58. The number of hydrogen-bond acceptors (Lipinski definition) is 4. The lowest BCUT2D eigenvalue weighted by molar-refractivity contribution is -0.149. The number of thioether (sulfide) groups is 1. The van der Waals surface area contributed by atoms with E-state index in [1.165, 1.54) is 25.8 Å². The predicted molar refractivity (Wildman–Crippen MR) is 82.8 cm³/mol. The van der Waals surface area contributed by atoms with Gasteiger partial charge in [0.05, 0.1) is 11.9 Å². The zero-order valence-electron chi connectivity index (χ0n) is 12.1. The van der Waals surface area contributed by atoms with Crippen LogP contribution in [0.4, 0.5) is 0 Å². The standard InChI is InChI=1S/C14H18ClNO4S/c1-9(21-11-6-4-10(15)5-7-11)12(17)16-14(2,8-20-3)13(18)19/h4-7,9H,8H2,1-3H3,(H,16,17)(H,18,19). The molecule has 0 fully saturated rings. The van der Waals surface area contributed by atoms with E-state index in [2.05, 4.69) is 5.32 Å². The van der Waals surface area contributed by atoms with Crippen LogP contribution in [0.25, 0.3) is 0 Å². The van der Waals surface area contributed by atoms with Gasteiger partial charge in [0.1, 0.15) is 0 Å². The average Bonchev–Trinajstić information content (AvgIpc) is 2.41. The third-order valence-corrected chi connectivity index (χ3v) is 4.16. The van der Waals surface area contributed by atoms with Gasteiger partial charge in [0.25, 0.3) is 0 Å². The second kappa shape index (κ2) is 7.68. The Labute approximate surface area is 133 Å². The van der Waals surface area contributed by atoms with Crippen LogP contribution in [0.3, 0.4) is 0 Å². The number of hydrogen-bond donors (Lipinski definition) is 2. The molecule has 2 atom stereocenters. The van der Waals surface area contributed by atoms with E-state index in [9.17, 15) is 14.7 Å². The topological polar surface area (TPSA) is 75.6 Å². The summed E-state index contributed by atoms with van der Waals surface area (Å²) in [7, 11) is 1.39. The molecule has 0 aliphatic carbocycles. The van der Waals surface area contributed by atoms with Gasteiger partial charge in [-0.2, -0.15) is 0 Å². The molecule has 2 N–H and O–H groups in total. The monoisotopic (exact) mass is 331 g/mol. The first-order valence-electron chi connectivity index (χ1n) is 6.25. The Kier molecular flexibility index (Phi) is 6.51. The van der Waals surface area contributed by atoms with Crippen LogP contribution in [-0.4, -0.2) is 41.5 Å². The number of aliphatic carboxylic acids is 1. The Morgan fingerprint density at radius 1 is 1.43 bits per heavy atom. The number of halogens is 1. The number of amides is 1. The highest BCUT2D eigenvalue weighted by Crippen LogP contribution is 2.25. The molecule has 0 aliphatic heterocycles. The Morgan fingerprint density at radius 3 is 2.48 bits per heavy atom. The average molecular weight is 332 g/mol. The van der Waals surface area contributed by atoms with Crippen LogP contribution in [0.1, 0.15) is 13.8 Å². The molecule has 0 heterocycles. The normalized spacial score (nSPS) is 15.0. The number of benzene rings is 1. The Hall–Kier alpha value is -1.24. The van der Waals surface area contributed by atoms with Gasteiger partial charge in [-0.3, -0.25) is 4.79 Å². The Morgan fingerprint density at radius 2 is 2.00 bits per heavy atom. The lowest BCUT2D eigenvalue weighted by Gasteiger charge is -2.26. The Bertz CT molecular complexity index is 508. The molecule has 0 aliphatic rings. The van der Waals surface area contributed by atoms with Crippen molar-refractivity contribution >= 4 is 35.2 Å². The van der Waals surface area contributed by atoms with Crippen LogP contribution in [-0.2, 0) is 14.3 Å². The summed E-state index contributed by atoms with van der Waals surface area (Å²) >= 11 is 7.13. The van der Waals surface area contributed by atoms with Crippen molar-refractivity contribution in [3.63, 3.8) is 0 Å². The van der Waals surface area contributed by atoms with Gasteiger partial charge in [-0.25, -0.2) is 4.79 Å². The molecule has 0 saturated heterocycles. The minimum Gasteiger partial charge on any atom is -0.479 e. The third kappa shape index (κ3) is 5.22. The van der Waals surface area contributed by atoms with E-state index in [-0.39, 0.29) is 12.5 Å². The van der Waals surface area contributed by atoms with Crippen LogP contribution in [0.2, 0.25) is 5.02 Å². The molecule has 1 amide bonds. The smallest absolute Gasteiger partial charge is 0.331 e. The van der Waals surface area contributed by atoms with Crippen molar-refractivity contribution in [2.45, 2.75) is 29.5 Å². The molecule has 0 spiro atoms. The molecule has 1 rings (SSSR count). The highest BCUT2D eigenvalue weighted by molar-refractivity contribution is 8.00. The predicted octanol–water partition coefficient (Wildman–Crippen LogP) is 2.43. The first-order chi connectivity index (χ1) is 9.78. The number of ether oxygens (including phenoxy) is 1. The maximum absolute atomic E-state index is 12.1. The number of methoxy groups -OCH3 is 1. The van der Waals surface area contributed by atoms with Gasteiger partial charge in [0.15, 0.2) is 5.54 Å². The van der Waals surface area contributed by atoms with E-state index >= 15 is 0 Å². The second-order valence-corrected chi connectivity index (χ2v) is 6.62. The molecule has 21 heavy (non-hydrogen) atoms. The van der Waals surface area contributed by atoms with Crippen molar-refractivity contribution in [1.29, 1.82) is 0 Å². The van der Waals surface area contributed by atoms with E-state index in [1.807, 2.05) is 12.1 Å². The van der Waals surface area contributed by atoms with Crippen LogP contribution in [0.15, 0.2) is 29.2 Å². The summed E-state index contributed by atoms with van der Waals surface area (Å²) in [6.07, 6.45) is 0. The lowest BCUT2D eigenvalue weighted by atomic mass is 10.0. The number of carboxylic acid groups (broad SMARTS) is 1. The fraction of sp³-hybridized carbons (Fsp3) is 0.429. The molecule has 7 heteroatoms. The van der Waals surface area contributed by atoms with Crippen LogP contribution in [0, 0.1) is 0 Å². The van der Waals surface area contributed by atoms with Gasteiger partial charge in [-0.05, 0) is 38.1 Å². The number of carbonyl (C=O) groups is 2. The molecule has 0 aromatic heterocycles. The number of carbonyl (C=O) groups excluding carboxylic acids is 1. The van der Waals surface area contributed by atoms with Crippen molar-refractivity contribution in [3.05, 3.63) is 29.3 Å². The maximum Gasteiger partial charge on any atom is 0.331 e. The van der Waals surface area contributed by atoms with E-state index in [0.717, 1.165) is 4.90 Å². The molecule has 0 radical (unpaired) electrons. The van der Waals surface area contributed by atoms with Crippen molar-refractivity contribution in [2.75, 3.05) is 13.7 Å². The zero-order chi connectivity index (χ0) is 16.0. The van der Waals surface area contributed by atoms with Gasteiger partial charge in [-0.1, -0.05) is 11.6 Å². The largest absolute Gasteiger partial charge is 0.479 e. The second-order valence-electron chi connectivity index (χ2n) is 4.77. The van der Waals surface area contributed by atoms with Crippen LogP contribution < -0.4 is 5.32 Å². The highest BCUT2D eigenvalue weighted by Gasteiger charge is 2.36. The van der Waals surface area contributed by atoms with Crippen LogP contribution in [0.5, 0.6) is 0 Å².